The van der Waals surface area contributed by atoms with Crippen molar-refractivity contribution >= 4 is 55.4 Å². The minimum absolute atomic E-state index is 0.713. The number of aryl methyl sites for hydroxylation is 1. The van der Waals surface area contributed by atoms with E-state index >= 15 is 0 Å². The number of thioether (sulfide) groups is 1. The van der Waals surface area contributed by atoms with Gasteiger partial charge in [-0.05, 0) is 97.3 Å². The summed E-state index contributed by atoms with van der Waals surface area (Å²) in [6, 6.07) is 71.5. The lowest BCUT2D eigenvalue weighted by molar-refractivity contribution is 1.17. The molecule has 0 saturated carbocycles. The average molecular weight is 791 g/mol. The Morgan fingerprint density at radius 1 is 0.350 bits per heavy atom. The predicted octanol–water partition coefficient (Wildman–Crippen LogP) is 14.6. The predicted molar refractivity (Wildman–Crippen MR) is 257 cm³/mol. The van der Waals surface area contributed by atoms with Gasteiger partial charge in [-0.2, -0.15) is 11.8 Å². The van der Waals surface area contributed by atoms with Crippen LogP contribution in [0.5, 0.6) is 0 Å². The standard InChI is InChI=1S/C53H36N4.C2H6S/c1-35-20-26-41(27-21-35)56-49-18-10-8-16-43(49)45-32-39(24-30-51(45)56)40-25-31-52-46(33-40)44-17-9-11-19-50(44)57(52)42-28-22-37(23-29-42)48-34-47(36-12-4-2-5-13-36)54-53(55-48)38-14-6-3-7-15-38;1-3-2/h2-34H,1H3;1-2H3. The Hall–Kier alpha value is -7.21. The van der Waals surface area contributed by atoms with Crippen molar-refractivity contribution in [2.75, 3.05) is 12.5 Å². The molecule has 288 valence electrons. The van der Waals surface area contributed by atoms with Crippen molar-refractivity contribution in [2.45, 2.75) is 6.92 Å². The molecule has 0 unspecified atom stereocenters. The largest absolute Gasteiger partial charge is 0.309 e. The molecule has 60 heavy (non-hydrogen) atoms. The Morgan fingerprint density at radius 3 is 1.23 bits per heavy atom. The Labute approximate surface area is 354 Å². The van der Waals surface area contributed by atoms with Crippen molar-refractivity contribution in [2.24, 2.45) is 0 Å². The van der Waals surface area contributed by atoms with Gasteiger partial charge in [0.2, 0.25) is 0 Å². The molecular formula is C55H42N4S. The topological polar surface area (TPSA) is 35.6 Å². The third-order valence-corrected chi connectivity index (χ3v) is 11.2. The van der Waals surface area contributed by atoms with Crippen molar-refractivity contribution in [1.29, 1.82) is 0 Å². The molecule has 0 spiro atoms. The zero-order valence-electron chi connectivity index (χ0n) is 33.7. The maximum Gasteiger partial charge on any atom is 0.160 e. The van der Waals surface area contributed by atoms with E-state index in [4.69, 9.17) is 9.97 Å². The summed E-state index contributed by atoms with van der Waals surface area (Å²) in [5.41, 5.74) is 15.6. The first-order chi connectivity index (χ1) is 29.6. The van der Waals surface area contributed by atoms with Gasteiger partial charge >= 0.3 is 0 Å². The van der Waals surface area contributed by atoms with E-state index in [2.05, 4.69) is 180 Å². The monoisotopic (exact) mass is 790 g/mol. The minimum Gasteiger partial charge on any atom is -0.309 e. The molecule has 0 radical (unpaired) electrons. The van der Waals surface area contributed by atoms with Crippen LogP contribution < -0.4 is 0 Å². The van der Waals surface area contributed by atoms with Gasteiger partial charge in [-0.1, -0.05) is 139 Å². The molecule has 0 atom stereocenters. The maximum absolute atomic E-state index is 5.07. The molecular weight excluding hydrogens is 749 g/mol. The second-order valence-corrected chi connectivity index (χ2v) is 16.0. The Bertz CT molecular complexity index is 3230. The van der Waals surface area contributed by atoms with Crippen LogP contribution in [-0.4, -0.2) is 31.6 Å². The molecule has 0 saturated heterocycles. The van der Waals surface area contributed by atoms with E-state index in [9.17, 15) is 0 Å². The van der Waals surface area contributed by atoms with Crippen LogP contribution in [0.3, 0.4) is 0 Å². The van der Waals surface area contributed by atoms with Crippen molar-refractivity contribution in [3.05, 3.63) is 206 Å². The van der Waals surface area contributed by atoms with Gasteiger partial charge in [-0.15, -0.1) is 0 Å². The summed E-state index contributed by atoms with van der Waals surface area (Å²) in [5, 5.41) is 4.96. The SMILES string of the molecule is CSC.Cc1ccc(-n2c3ccccc3c3cc(-c4ccc5c(c4)c4ccccc4n5-c4ccc(-c5cc(-c6ccccc6)nc(-c6ccccc6)n5)cc4)ccc32)cc1. The Kier molecular flexibility index (Phi) is 9.80. The number of para-hydroxylation sites is 2. The van der Waals surface area contributed by atoms with E-state index in [1.807, 2.05) is 48.9 Å². The molecule has 5 heteroatoms. The number of nitrogens with zero attached hydrogens (tertiary/aromatic N) is 4. The first-order valence-corrected chi connectivity index (χ1v) is 21.9. The van der Waals surface area contributed by atoms with Crippen LogP contribution in [0.25, 0.3) is 100 Å². The third-order valence-electron chi connectivity index (χ3n) is 11.2. The zero-order chi connectivity index (χ0) is 40.6. The first-order valence-electron chi connectivity index (χ1n) is 20.2. The van der Waals surface area contributed by atoms with Gasteiger partial charge in [0.1, 0.15) is 0 Å². The molecule has 0 amide bonds. The molecule has 0 fully saturated rings. The van der Waals surface area contributed by atoms with Gasteiger partial charge in [0.25, 0.3) is 0 Å². The Balaban J connectivity index is 0.00000140. The average Bonchev–Trinajstić information content (AvgIpc) is 3.82. The molecule has 11 aromatic rings. The normalized spacial score (nSPS) is 11.3. The highest BCUT2D eigenvalue weighted by Crippen LogP contribution is 2.39. The first kappa shape index (κ1) is 37.1. The van der Waals surface area contributed by atoms with Crippen LogP contribution in [0.15, 0.2) is 200 Å². The summed E-state index contributed by atoms with van der Waals surface area (Å²) >= 11 is 1.75. The van der Waals surface area contributed by atoms with Crippen LogP contribution in [-0.2, 0) is 0 Å². The van der Waals surface area contributed by atoms with Crippen LogP contribution in [0.2, 0.25) is 0 Å². The van der Waals surface area contributed by atoms with E-state index in [-0.39, 0.29) is 0 Å². The number of aromatic nitrogens is 4. The molecule has 0 N–H and O–H groups in total. The fraction of sp³-hybridized carbons (Fsp3) is 0.0545. The number of hydrogen-bond acceptors (Lipinski definition) is 3. The second kappa shape index (κ2) is 15.9. The Morgan fingerprint density at radius 2 is 0.733 bits per heavy atom. The highest BCUT2D eigenvalue weighted by Gasteiger charge is 2.17. The number of rotatable bonds is 6. The van der Waals surface area contributed by atoms with Crippen LogP contribution in [0.1, 0.15) is 5.56 Å². The van der Waals surface area contributed by atoms with Crippen LogP contribution in [0.4, 0.5) is 0 Å². The second-order valence-electron chi connectivity index (χ2n) is 15.2. The van der Waals surface area contributed by atoms with Crippen molar-refractivity contribution in [3.63, 3.8) is 0 Å². The molecule has 0 aliphatic carbocycles. The molecule has 0 bridgehead atoms. The minimum atomic E-state index is 0.713. The molecule has 11 rings (SSSR count). The highest BCUT2D eigenvalue weighted by atomic mass is 32.2. The highest BCUT2D eigenvalue weighted by molar-refractivity contribution is 7.97. The van der Waals surface area contributed by atoms with Crippen molar-refractivity contribution < 1.29 is 0 Å². The van der Waals surface area contributed by atoms with Gasteiger partial charge in [0.05, 0.1) is 33.5 Å². The van der Waals surface area contributed by atoms with Gasteiger partial charge in [0.15, 0.2) is 5.82 Å². The summed E-state index contributed by atoms with van der Waals surface area (Å²) in [4.78, 5) is 10.0. The fourth-order valence-electron chi connectivity index (χ4n) is 8.40. The van der Waals surface area contributed by atoms with E-state index < -0.39 is 0 Å². The molecule has 0 aliphatic rings. The van der Waals surface area contributed by atoms with Crippen LogP contribution >= 0.6 is 11.8 Å². The van der Waals surface area contributed by atoms with E-state index in [0.29, 0.717) is 5.82 Å². The van der Waals surface area contributed by atoms with Crippen molar-refractivity contribution in [3.8, 4) is 56.4 Å². The number of benzene rings is 8. The number of fused-ring (bicyclic) bond motifs is 6. The summed E-state index contributed by atoms with van der Waals surface area (Å²) in [6.45, 7) is 2.14. The fourth-order valence-corrected chi connectivity index (χ4v) is 8.40. The maximum atomic E-state index is 5.07. The van der Waals surface area contributed by atoms with Crippen molar-refractivity contribution in [1.82, 2.24) is 19.1 Å². The van der Waals surface area contributed by atoms with Gasteiger partial charge in [-0.3, -0.25) is 0 Å². The molecule has 0 aliphatic heterocycles. The lowest BCUT2D eigenvalue weighted by Crippen LogP contribution is -1.97. The van der Waals surface area contributed by atoms with Gasteiger partial charge < -0.3 is 9.13 Å². The zero-order valence-corrected chi connectivity index (χ0v) is 34.6. The lowest BCUT2D eigenvalue weighted by atomic mass is 10.0. The van der Waals surface area contributed by atoms with E-state index in [1.54, 1.807) is 11.8 Å². The quantitative estimate of drug-likeness (QED) is 0.168. The summed E-state index contributed by atoms with van der Waals surface area (Å²) in [7, 11) is 0. The van der Waals surface area contributed by atoms with Crippen LogP contribution in [0, 0.1) is 6.92 Å². The summed E-state index contributed by atoms with van der Waals surface area (Å²) in [5.74, 6) is 0.713. The number of hydrogen-bond donors (Lipinski definition) is 0. The molecule has 4 nitrogen and oxygen atoms in total. The van der Waals surface area contributed by atoms with E-state index in [1.165, 1.54) is 66.0 Å². The lowest BCUT2D eigenvalue weighted by Gasteiger charge is -2.12. The van der Waals surface area contributed by atoms with Gasteiger partial charge in [0, 0.05) is 49.6 Å². The van der Waals surface area contributed by atoms with E-state index in [0.717, 1.165) is 33.8 Å². The smallest absolute Gasteiger partial charge is 0.160 e. The third kappa shape index (κ3) is 6.73. The molecule has 3 heterocycles. The molecule has 3 aromatic heterocycles. The van der Waals surface area contributed by atoms with Gasteiger partial charge in [-0.25, -0.2) is 9.97 Å². The molecule has 8 aromatic carbocycles. The summed E-state index contributed by atoms with van der Waals surface area (Å²) < 4.78 is 4.76. The summed E-state index contributed by atoms with van der Waals surface area (Å²) in [6.07, 6.45) is 4.08.